The van der Waals surface area contributed by atoms with Crippen LogP contribution >= 0.6 is 23.1 Å². The van der Waals surface area contributed by atoms with Crippen molar-refractivity contribution in [3.05, 3.63) is 53.6 Å². The topological polar surface area (TPSA) is 124 Å². The zero-order valence-electron chi connectivity index (χ0n) is 27.1. The number of piperidine rings is 2. The first-order valence-corrected chi connectivity index (χ1v) is 18.0. The Hall–Kier alpha value is -3.33. The summed E-state index contributed by atoms with van der Waals surface area (Å²) in [5.41, 5.74) is 0.976. The third-order valence-electron chi connectivity index (χ3n) is 9.12. The fourth-order valence-corrected chi connectivity index (χ4v) is 8.03. The Balaban J connectivity index is 0.907. The number of thioether (sulfide) groups is 1. The van der Waals surface area contributed by atoms with Gasteiger partial charge in [0.25, 0.3) is 0 Å². The van der Waals surface area contributed by atoms with Crippen molar-refractivity contribution in [2.45, 2.75) is 80.8 Å². The number of amides is 4. The van der Waals surface area contributed by atoms with Gasteiger partial charge in [-0.3, -0.25) is 24.7 Å². The lowest BCUT2D eigenvalue weighted by atomic mass is 9.92. The van der Waals surface area contributed by atoms with Crippen molar-refractivity contribution < 1.29 is 23.2 Å². The van der Waals surface area contributed by atoms with Gasteiger partial charge in [-0.25, -0.2) is 19.2 Å². The Bertz CT molecular complexity index is 1590. The molecule has 5 heterocycles. The Labute approximate surface area is 282 Å². The monoisotopic (exact) mass is 683 g/mol. The predicted octanol–water partition coefficient (Wildman–Crippen LogP) is 5.62. The molecule has 0 aliphatic carbocycles. The van der Waals surface area contributed by atoms with Crippen LogP contribution in [0.15, 0.2) is 39.2 Å². The van der Waals surface area contributed by atoms with Crippen LogP contribution in [0, 0.1) is 11.7 Å². The number of likely N-dealkylation sites (tertiary alicyclic amines) is 2. The minimum absolute atomic E-state index is 0.0306. The maximum Gasteiger partial charge on any atom is 0.328 e. The smallest absolute Gasteiger partial charge is 0.328 e. The van der Waals surface area contributed by atoms with Crippen LogP contribution in [0.5, 0.6) is 0 Å². The quantitative estimate of drug-likeness (QED) is 0.277. The highest BCUT2D eigenvalue weighted by atomic mass is 32.2. The van der Waals surface area contributed by atoms with Crippen LogP contribution in [0.3, 0.4) is 0 Å². The molecule has 0 spiro atoms. The minimum Gasteiger partial charge on any atom is -0.444 e. The molecular weight excluding hydrogens is 642 g/mol. The Kier molecular flexibility index (Phi) is 10.3. The Morgan fingerprint density at radius 3 is 2.53 bits per heavy atom. The summed E-state index contributed by atoms with van der Waals surface area (Å²) < 4.78 is 21.9. The molecule has 0 bridgehead atoms. The Morgan fingerprint density at radius 1 is 1.09 bits per heavy atom. The molecule has 0 atom stereocenters. The highest BCUT2D eigenvalue weighted by Gasteiger charge is 2.31. The van der Waals surface area contributed by atoms with Gasteiger partial charge >= 0.3 is 6.03 Å². The second kappa shape index (κ2) is 14.4. The molecule has 3 aliphatic rings. The third-order valence-corrected chi connectivity index (χ3v) is 11.2. The second-order valence-corrected chi connectivity index (χ2v) is 15.8. The lowest BCUT2D eigenvalue weighted by Gasteiger charge is -2.41. The van der Waals surface area contributed by atoms with Gasteiger partial charge in [-0.05, 0) is 64.0 Å². The van der Waals surface area contributed by atoms with E-state index < -0.39 is 6.03 Å². The van der Waals surface area contributed by atoms with Crippen LogP contribution in [0.1, 0.15) is 70.1 Å². The van der Waals surface area contributed by atoms with E-state index in [1.807, 2.05) is 0 Å². The standard InChI is InChI=1S/C33H42FN7O4S2/c1-33(2,3)26-17-35-28(45-26)20-46-29-18-36-31(47-29)38-30(43)21-6-13-40(14-7-21)23-8-11-39(12-9-23)19-22-4-5-24(16-25(22)34)41-15-10-27(42)37-32(41)44/h4-5,16-18,21,23H,6-15,19-20H2,1-3H3,(H,36,38,43)(H,37,42,44). The molecule has 14 heteroatoms. The highest BCUT2D eigenvalue weighted by Crippen LogP contribution is 2.33. The molecule has 47 heavy (non-hydrogen) atoms. The number of aromatic nitrogens is 2. The van der Waals surface area contributed by atoms with Gasteiger partial charge in [0.2, 0.25) is 17.7 Å². The van der Waals surface area contributed by atoms with Crippen LogP contribution in [0.2, 0.25) is 0 Å². The number of nitrogens with one attached hydrogen (secondary N) is 2. The summed E-state index contributed by atoms with van der Waals surface area (Å²) in [6.07, 6.45) is 7.43. The largest absolute Gasteiger partial charge is 0.444 e. The van der Waals surface area contributed by atoms with Gasteiger partial charge in [-0.15, -0.1) is 11.8 Å². The zero-order valence-corrected chi connectivity index (χ0v) is 28.7. The van der Waals surface area contributed by atoms with Crippen LogP contribution in [0.25, 0.3) is 0 Å². The number of urea groups is 1. The number of thiazole rings is 1. The number of benzene rings is 1. The lowest BCUT2D eigenvalue weighted by Crippen LogP contribution is -2.49. The average molecular weight is 684 g/mol. The van der Waals surface area contributed by atoms with E-state index in [4.69, 9.17) is 4.42 Å². The van der Waals surface area contributed by atoms with E-state index in [2.05, 4.69) is 51.2 Å². The minimum atomic E-state index is -0.516. The number of hydrogen-bond donors (Lipinski definition) is 2. The van der Waals surface area contributed by atoms with E-state index in [9.17, 15) is 14.4 Å². The summed E-state index contributed by atoms with van der Waals surface area (Å²) in [7, 11) is 0. The molecule has 2 aromatic heterocycles. The SMILES string of the molecule is CC(C)(C)c1cnc(CSc2cnc(NC(=O)C3CCN(C4CCN(Cc5ccc(N6CCC(=O)NC6=O)cc5F)CC4)CC3)s2)o1. The number of oxazole rings is 1. The second-order valence-electron chi connectivity index (χ2n) is 13.5. The van der Waals surface area contributed by atoms with E-state index in [-0.39, 0.29) is 41.9 Å². The van der Waals surface area contributed by atoms with Gasteiger partial charge in [-0.2, -0.15) is 0 Å². The Morgan fingerprint density at radius 2 is 1.85 bits per heavy atom. The molecular formula is C33H42FN7O4S2. The van der Waals surface area contributed by atoms with Gasteiger partial charge < -0.3 is 14.6 Å². The molecule has 6 rings (SSSR count). The fraction of sp³-hybridized carbons (Fsp3) is 0.545. The summed E-state index contributed by atoms with van der Waals surface area (Å²) in [5.74, 6) is 1.51. The molecule has 4 amide bonds. The number of halogens is 1. The summed E-state index contributed by atoms with van der Waals surface area (Å²) in [6.45, 7) is 10.6. The summed E-state index contributed by atoms with van der Waals surface area (Å²) in [4.78, 5) is 51.6. The molecule has 2 N–H and O–H groups in total. The molecule has 3 aliphatic heterocycles. The molecule has 3 aromatic rings. The molecule has 0 saturated carbocycles. The summed E-state index contributed by atoms with van der Waals surface area (Å²) >= 11 is 3.07. The van der Waals surface area contributed by atoms with Gasteiger partial charge in [0.05, 0.1) is 22.4 Å². The van der Waals surface area contributed by atoms with Gasteiger partial charge in [-0.1, -0.05) is 38.2 Å². The molecule has 0 radical (unpaired) electrons. The van der Waals surface area contributed by atoms with Crippen molar-refractivity contribution >= 4 is 51.8 Å². The number of hydrogen-bond acceptors (Lipinski definition) is 10. The van der Waals surface area contributed by atoms with E-state index in [1.165, 1.54) is 22.3 Å². The number of rotatable bonds is 9. The molecule has 3 saturated heterocycles. The van der Waals surface area contributed by atoms with Gasteiger partial charge in [0.1, 0.15) is 11.6 Å². The van der Waals surface area contributed by atoms with Crippen LogP contribution in [0.4, 0.5) is 20.0 Å². The molecule has 1 aromatic carbocycles. The maximum atomic E-state index is 15.0. The number of carbonyl (C=O) groups excluding carboxylic acids is 3. The summed E-state index contributed by atoms with van der Waals surface area (Å²) in [6, 6.07) is 4.81. The van der Waals surface area contributed by atoms with Crippen molar-refractivity contribution in [1.82, 2.24) is 25.1 Å². The van der Waals surface area contributed by atoms with E-state index in [1.54, 1.807) is 36.3 Å². The lowest BCUT2D eigenvalue weighted by molar-refractivity contribution is -0.122. The maximum absolute atomic E-state index is 15.0. The first kappa shape index (κ1) is 33.6. The first-order chi connectivity index (χ1) is 22.5. The number of anilines is 2. The molecule has 252 valence electrons. The fourth-order valence-electron chi connectivity index (χ4n) is 6.30. The van der Waals surface area contributed by atoms with Crippen molar-refractivity contribution in [2.75, 3.05) is 42.9 Å². The van der Waals surface area contributed by atoms with Crippen LogP contribution < -0.4 is 15.5 Å². The molecule has 0 unspecified atom stereocenters. The van der Waals surface area contributed by atoms with Crippen molar-refractivity contribution in [2.24, 2.45) is 5.92 Å². The number of carbonyl (C=O) groups is 3. The van der Waals surface area contributed by atoms with Crippen LogP contribution in [-0.4, -0.2) is 76.4 Å². The van der Waals surface area contributed by atoms with Crippen molar-refractivity contribution in [3.8, 4) is 0 Å². The third kappa shape index (κ3) is 8.40. The van der Waals surface area contributed by atoms with E-state index in [0.29, 0.717) is 40.6 Å². The normalized spacial score (nSPS) is 19.3. The molecule has 3 fully saturated rings. The van der Waals surface area contributed by atoms with E-state index in [0.717, 1.165) is 61.8 Å². The summed E-state index contributed by atoms with van der Waals surface area (Å²) in [5, 5.41) is 5.93. The number of imide groups is 1. The molecule has 11 nitrogen and oxygen atoms in total. The van der Waals surface area contributed by atoms with Crippen molar-refractivity contribution in [3.63, 3.8) is 0 Å². The average Bonchev–Trinajstić information content (AvgIpc) is 3.71. The van der Waals surface area contributed by atoms with Crippen LogP contribution in [-0.2, 0) is 27.3 Å². The highest BCUT2D eigenvalue weighted by molar-refractivity contribution is 8.00. The number of nitrogens with zero attached hydrogens (tertiary/aromatic N) is 5. The first-order valence-electron chi connectivity index (χ1n) is 16.2. The predicted molar refractivity (Wildman–Crippen MR) is 180 cm³/mol. The van der Waals surface area contributed by atoms with E-state index >= 15 is 4.39 Å². The van der Waals surface area contributed by atoms with Gasteiger partial charge in [0.15, 0.2) is 5.13 Å². The van der Waals surface area contributed by atoms with Crippen molar-refractivity contribution in [1.29, 1.82) is 0 Å². The zero-order chi connectivity index (χ0) is 33.1. The van der Waals surface area contributed by atoms with Gasteiger partial charge in [0, 0.05) is 48.1 Å².